The average Bonchev–Trinajstić information content (AvgIpc) is 3.23. The van der Waals surface area contributed by atoms with Crippen molar-refractivity contribution in [2.45, 2.75) is 51.9 Å². The zero-order chi connectivity index (χ0) is 23.4. The highest BCUT2D eigenvalue weighted by atomic mass is 32.1. The highest BCUT2D eigenvalue weighted by molar-refractivity contribution is 7.12. The summed E-state index contributed by atoms with van der Waals surface area (Å²) < 4.78 is 5.37. The molecule has 6 nitrogen and oxygen atoms in total. The molecule has 1 amide bonds. The molecule has 1 aromatic carbocycles. The lowest BCUT2D eigenvalue weighted by molar-refractivity contribution is 0.0522. The molecule has 0 N–H and O–H groups in total. The number of fused-ring (bicyclic) bond motifs is 2. The third-order valence-electron chi connectivity index (χ3n) is 6.96. The molecule has 0 saturated carbocycles. The van der Waals surface area contributed by atoms with Crippen molar-refractivity contribution in [3.05, 3.63) is 51.6 Å². The minimum absolute atomic E-state index is 0.0216. The third-order valence-corrected chi connectivity index (χ3v) is 8.44. The van der Waals surface area contributed by atoms with Crippen LogP contribution < -0.4 is 4.74 Å². The molecule has 3 aromatic rings. The van der Waals surface area contributed by atoms with Gasteiger partial charge in [0.2, 0.25) is 5.88 Å². The maximum atomic E-state index is 13.3. The van der Waals surface area contributed by atoms with E-state index in [0.717, 1.165) is 39.9 Å². The quantitative estimate of drug-likeness (QED) is 0.532. The second-order valence-corrected chi connectivity index (χ2v) is 11.4. The predicted molar refractivity (Wildman–Crippen MR) is 129 cm³/mol. The van der Waals surface area contributed by atoms with E-state index >= 15 is 0 Å². The van der Waals surface area contributed by atoms with Crippen molar-refractivity contribution >= 4 is 33.8 Å². The number of hydrogen-bond acceptors (Lipinski definition) is 6. The number of carbonyl (C=O) groups is 2. The molecule has 1 fully saturated rings. The number of aromatic nitrogens is 2. The van der Waals surface area contributed by atoms with Gasteiger partial charge >= 0.3 is 0 Å². The fourth-order valence-electron chi connectivity index (χ4n) is 5.00. The molecule has 1 aliphatic carbocycles. The SMILES string of the molecule is COc1nccc2ccc(C(=O)N3CCC4(CC3)CC(=O)c3nc(C(C)(C)C)sc3C4)cc12. The van der Waals surface area contributed by atoms with Gasteiger partial charge in [-0.2, -0.15) is 0 Å². The van der Waals surface area contributed by atoms with Crippen LogP contribution in [0.5, 0.6) is 5.88 Å². The first-order valence-corrected chi connectivity index (χ1v) is 12.3. The lowest BCUT2D eigenvalue weighted by Crippen LogP contribution is -2.46. The normalized spacial score (nSPS) is 17.9. The van der Waals surface area contributed by atoms with Gasteiger partial charge in [-0.05, 0) is 48.3 Å². The summed E-state index contributed by atoms with van der Waals surface area (Å²) in [6.45, 7) is 7.74. The summed E-state index contributed by atoms with van der Waals surface area (Å²) >= 11 is 1.69. The minimum atomic E-state index is -0.0565. The van der Waals surface area contributed by atoms with Gasteiger partial charge in [-0.3, -0.25) is 9.59 Å². The van der Waals surface area contributed by atoms with E-state index in [2.05, 4.69) is 25.8 Å². The Morgan fingerprint density at radius 1 is 1.15 bits per heavy atom. The number of benzene rings is 1. The first-order chi connectivity index (χ1) is 15.7. The minimum Gasteiger partial charge on any atom is -0.481 e. The number of rotatable bonds is 2. The molecule has 172 valence electrons. The number of amides is 1. The van der Waals surface area contributed by atoms with Crippen molar-refractivity contribution in [2.75, 3.05) is 20.2 Å². The van der Waals surface area contributed by atoms with Crippen LogP contribution in [0.25, 0.3) is 10.8 Å². The molecule has 0 bridgehead atoms. The first kappa shape index (κ1) is 22.0. The van der Waals surface area contributed by atoms with Crippen molar-refractivity contribution in [1.82, 2.24) is 14.9 Å². The number of piperidine rings is 1. The summed E-state index contributed by atoms with van der Waals surface area (Å²) in [6, 6.07) is 7.59. The highest BCUT2D eigenvalue weighted by Crippen LogP contribution is 2.46. The third kappa shape index (κ3) is 3.92. The number of methoxy groups -OCH3 is 1. The molecule has 3 heterocycles. The van der Waals surface area contributed by atoms with Crippen LogP contribution in [0.4, 0.5) is 0 Å². The van der Waals surface area contributed by atoms with Gasteiger partial charge in [0.05, 0.1) is 12.1 Å². The maximum absolute atomic E-state index is 13.3. The van der Waals surface area contributed by atoms with Gasteiger partial charge in [-0.1, -0.05) is 26.8 Å². The topological polar surface area (TPSA) is 72.4 Å². The van der Waals surface area contributed by atoms with Crippen LogP contribution in [0, 0.1) is 5.41 Å². The summed E-state index contributed by atoms with van der Waals surface area (Å²) in [5, 5.41) is 2.86. The van der Waals surface area contributed by atoms with Gasteiger partial charge in [0, 0.05) is 46.9 Å². The smallest absolute Gasteiger partial charge is 0.253 e. The monoisotopic (exact) mass is 463 g/mol. The molecule has 1 spiro atoms. The molecule has 0 atom stereocenters. The molecular weight excluding hydrogens is 434 g/mol. The summed E-state index contributed by atoms with van der Waals surface area (Å²) in [6.07, 6.45) is 4.81. The number of thiazole rings is 1. The Balaban J connectivity index is 1.33. The standard InChI is InChI=1S/C26H29N3O3S/c1-25(2,3)24-28-21-19(30)14-26(15-20(21)33-24)8-11-29(12-9-26)23(31)17-6-5-16-7-10-27-22(32-4)18(16)13-17/h5-7,10,13H,8-9,11-12,14-15H2,1-4H3. The van der Waals surface area contributed by atoms with Crippen LogP contribution in [-0.4, -0.2) is 46.8 Å². The van der Waals surface area contributed by atoms with Crippen molar-refractivity contribution < 1.29 is 14.3 Å². The molecule has 0 radical (unpaired) electrons. The van der Waals surface area contributed by atoms with Gasteiger partial charge < -0.3 is 9.64 Å². The molecule has 33 heavy (non-hydrogen) atoms. The first-order valence-electron chi connectivity index (χ1n) is 11.4. The zero-order valence-electron chi connectivity index (χ0n) is 19.6. The summed E-state index contributed by atoms with van der Waals surface area (Å²) in [5.74, 6) is 0.709. The average molecular weight is 464 g/mol. The van der Waals surface area contributed by atoms with Crippen molar-refractivity contribution in [3.63, 3.8) is 0 Å². The van der Waals surface area contributed by atoms with Gasteiger partial charge in [0.1, 0.15) is 5.69 Å². The zero-order valence-corrected chi connectivity index (χ0v) is 20.4. The van der Waals surface area contributed by atoms with Crippen molar-refractivity contribution in [2.24, 2.45) is 5.41 Å². The molecule has 7 heteroatoms. The Morgan fingerprint density at radius 3 is 2.61 bits per heavy atom. The number of likely N-dealkylation sites (tertiary alicyclic amines) is 1. The summed E-state index contributed by atoms with van der Waals surface area (Å²) in [5.41, 5.74) is 1.22. The Bertz CT molecular complexity index is 1250. The second-order valence-electron chi connectivity index (χ2n) is 10.4. The fourth-order valence-corrected chi connectivity index (χ4v) is 6.31. The van der Waals surface area contributed by atoms with Gasteiger partial charge in [0.25, 0.3) is 5.91 Å². The maximum Gasteiger partial charge on any atom is 0.253 e. The number of hydrogen-bond donors (Lipinski definition) is 0. The lowest BCUT2D eigenvalue weighted by Gasteiger charge is -2.43. The Labute approximate surface area is 198 Å². The second kappa shape index (κ2) is 7.90. The number of ketones is 1. The van der Waals surface area contributed by atoms with E-state index in [-0.39, 0.29) is 22.5 Å². The molecule has 2 aromatic heterocycles. The van der Waals surface area contributed by atoms with E-state index in [0.29, 0.717) is 36.6 Å². The highest BCUT2D eigenvalue weighted by Gasteiger charge is 2.43. The molecule has 1 saturated heterocycles. The van der Waals surface area contributed by atoms with E-state index < -0.39 is 0 Å². The van der Waals surface area contributed by atoms with E-state index in [9.17, 15) is 9.59 Å². The van der Waals surface area contributed by atoms with E-state index in [1.54, 1.807) is 24.6 Å². The van der Waals surface area contributed by atoms with Crippen LogP contribution in [0.15, 0.2) is 30.5 Å². The van der Waals surface area contributed by atoms with E-state index in [1.807, 2.05) is 29.2 Å². The van der Waals surface area contributed by atoms with Gasteiger partial charge in [-0.25, -0.2) is 9.97 Å². The van der Waals surface area contributed by atoms with Crippen LogP contribution in [0.3, 0.4) is 0 Å². The van der Waals surface area contributed by atoms with Crippen LogP contribution in [0.1, 0.15) is 70.8 Å². The summed E-state index contributed by atoms with van der Waals surface area (Å²) in [4.78, 5) is 38.2. The molecule has 0 unspecified atom stereocenters. The van der Waals surface area contributed by atoms with Gasteiger partial charge in [0.15, 0.2) is 5.78 Å². The van der Waals surface area contributed by atoms with Crippen LogP contribution in [0.2, 0.25) is 0 Å². The number of nitrogens with zero attached hydrogens (tertiary/aromatic N) is 3. The molecule has 1 aliphatic heterocycles. The number of carbonyl (C=O) groups excluding carboxylic acids is 2. The lowest BCUT2D eigenvalue weighted by atomic mass is 9.68. The van der Waals surface area contributed by atoms with Crippen molar-refractivity contribution in [1.29, 1.82) is 0 Å². The Morgan fingerprint density at radius 2 is 1.91 bits per heavy atom. The molecular formula is C26H29N3O3S. The Hall–Kier alpha value is -2.80. The molecule has 5 rings (SSSR count). The largest absolute Gasteiger partial charge is 0.481 e. The number of ether oxygens (including phenoxy) is 1. The summed E-state index contributed by atoms with van der Waals surface area (Å²) in [7, 11) is 1.59. The predicted octanol–water partition coefficient (Wildman–Crippen LogP) is 5.05. The van der Waals surface area contributed by atoms with Gasteiger partial charge in [-0.15, -0.1) is 11.3 Å². The fraction of sp³-hybridized carbons (Fsp3) is 0.462. The number of Topliss-reactive ketones (excluding diaryl/α,β-unsaturated/α-hetero) is 1. The molecule has 2 aliphatic rings. The van der Waals surface area contributed by atoms with Crippen molar-refractivity contribution in [3.8, 4) is 5.88 Å². The number of pyridine rings is 1. The van der Waals surface area contributed by atoms with Crippen LogP contribution >= 0.6 is 11.3 Å². The van der Waals surface area contributed by atoms with Crippen LogP contribution in [-0.2, 0) is 11.8 Å². The van der Waals surface area contributed by atoms with E-state index in [4.69, 9.17) is 9.72 Å². The Kier molecular flexibility index (Phi) is 5.27. The van der Waals surface area contributed by atoms with E-state index in [1.165, 1.54) is 0 Å².